The van der Waals surface area contributed by atoms with Crippen molar-refractivity contribution in [2.24, 2.45) is 11.8 Å². The van der Waals surface area contributed by atoms with Gasteiger partial charge in [0, 0.05) is 0 Å². The van der Waals surface area contributed by atoms with Crippen LogP contribution in [-0.4, -0.2) is 0 Å². The molecule has 136 valence electrons. The molecule has 1 saturated carbocycles. The van der Waals surface area contributed by atoms with Gasteiger partial charge >= 0.3 is 0 Å². The van der Waals surface area contributed by atoms with Crippen molar-refractivity contribution < 1.29 is 4.39 Å². The van der Waals surface area contributed by atoms with Gasteiger partial charge in [0.05, 0.1) is 0 Å². The van der Waals surface area contributed by atoms with Crippen LogP contribution in [0.1, 0.15) is 75.8 Å². The van der Waals surface area contributed by atoms with Crippen LogP contribution in [0.15, 0.2) is 36.2 Å². The summed E-state index contributed by atoms with van der Waals surface area (Å²) in [4.78, 5) is 0. The van der Waals surface area contributed by atoms with Crippen LogP contribution >= 0.6 is 0 Å². The van der Waals surface area contributed by atoms with Gasteiger partial charge in [-0.3, -0.25) is 0 Å². The zero-order valence-corrected chi connectivity index (χ0v) is 15.6. The highest BCUT2D eigenvalue weighted by Crippen LogP contribution is 2.34. The van der Waals surface area contributed by atoms with Gasteiger partial charge in [0.2, 0.25) is 0 Å². The number of hydrogen-bond donors (Lipinski definition) is 0. The predicted octanol–water partition coefficient (Wildman–Crippen LogP) is 6.93. The van der Waals surface area contributed by atoms with Crippen molar-refractivity contribution in [2.45, 2.75) is 77.6 Å². The van der Waals surface area contributed by atoms with Crippen LogP contribution in [-0.2, 0) is 12.8 Å². The van der Waals surface area contributed by atoms with Crippen molar-refractivity contribution in [1.82, 2.24) is 0 Å². The summed E-state index contributed by atoms with van der Waals surface area (Å²) >= 11 is 0. The molecule has 0 radical (unpaired) electrons. The van der Waals surface area contributed by atoms with Gasteiger partial charge in [-0.05, 0) is 67.6 Å². The average Bonchev–Trinajstić information content (AvgIpc) is 2.66. The Morgan fingerprint density at radius 3 is 2.16 bits per heavy atom. The third-order valence-electron chi connectivity index (χ3n) is 5.65. The van der Waals surface area contributed by atoms with Crippen LogP contribution in [0.5, 0.6) is 0 Å². The van der Waals surface area contributed by atoms with Crippen molar-refractivity contribution in [3.8, 4) is 6.07 Å². The van der Waals surface area contributed by atoms with Crippen LogP contribution in [0.2, 0.25) is 0 Å². The van der Waals surface area contributed by atoms with Crippen LogP contribution in [0.25, 0.3) is 0 Å². The van der Waals surface area contributed by atoms with Crippen LogP contribution in [0, 0.1) is 23.2 Å². The highest BCUT2D eigenvalue weighted by Gasteiger charge is 2.20. The van der Waals surface area contributed by atoms with E-state index in [1.165, 1.54) is 75.0 Å². The van der Waals surface area contributed by atoms with Crippen molar-refractivity contribution >= 4 is 0 Å². The first-order chi connectivity index (χ1) is 12.2. The highest BCUT2D eigenvalue weighted by atomic mass is 19.1. The molecule has 0 bridgehead atoms. The molecule has 1 aromatic rings. The SMILES string of the molecule is CCCCc1ccc(CCC2CCC(CCC=C(F)C#N)CC2)cc1. The molecule has 25 heavy (non-hydrogen) atoms. The van der Waals surface area contributed by atoms with Crippen LogP contribution in [0.3, 0.4) is 0 Å². The maximum Gasteiger partial charge on any atom is 0.196 e. The smallest absolute Gasteiger partial charge is 0.195 e. The molecule has 0 atom stereocenters. The molecule has 1 nitrogen and oxygen atoms in total. The van der Waals surface area contributed by atoms with Crippen molar-refractivity contribution in [2.75, 3.05) is 0 Å². The predicted molar refractivity (Wildman–Crippen MR) is 103 cm³/mol. The maximum atomic E-state index is 12.8. The maximum absolute atomic E-state index is 12.8. The fourth-order valence-electron chi connectivity index (χ4n) is 3.92. The standard InChI is InChI=1S/C23H32FN/c1-2-3-5-19-8-12-21(13-9-19)16-17-22-14-10-20(11-15-22)6-4-7-23(24)18-25/h7-9,12-13,20,22H,2-6,10-11,14-17H2,1H3. The van der Waals surface area contributed by atoms with E-state index in [0.717, 1.165) is 18.3 Å². The van der Waals surface area contributed by atoms with Crippen molar-refractivity contribution in [3.05, 3.63) is 47.3 Å². The van der Waals surface area contributed by atoms with Crippen LogP contribution < -0.4 is 0 Å². The molecule has 0 unspecified atom stereocenters. The van der Waals surface area contributed by atoms with Gasteiger partial charge in [-0.25, -0.2) is 0 Å². The Morgan fingerprint density at radius 2 is 1.60 bits per heavy atom. The van der Waals surface area contributed by atoms with E-state index in [1.807, 2.05) is 0 Å². The zero-order chi connectivity index (χ0) is 17.9. The fraction of sp³-hybridized carbons (Fsp3) is 0.609. The molecule has 2 rings (SSSR count). The lowest BCUT2D eigenvalue weighted by Gasteiger charge is -2.28. The summed E-state index contributed by atoms with van der Waals surface area (Å²) in [6.45, 7) is 2.24. The van der Waals surface area contributed by atoms with Crippen LogP contribution in [0.4, 0.5) is 4.39 Å². The molecular weight excluding hydrogens is 309 g/mol. The number of allylic oxidation sites excluding steroid dienone is 2. The van der Waals surface area contributed by atoms with E-state index in [0.29, 0.717) is 6.42 Å². The molecule has 0 N–H and O–H groups in total. The van der Waals surface area contributed by atoms with Crippen molar-refractivity contribution in [3.63, 3.8) is 0 Å². The Bertz CT molecular complexity index is 559. The van der Waals surface area contributed by atoms with E-state index in [9.17, 15) is 4.39 Å². The minimum Gasteiger partial charge on any atom is -0.195 e. The van der Waals surface area contributed by atoms with Gasteiger partial charge in [0.25, 0.3) is 0 Å². The van der Waals surface area contributed by atoms with Crippen molar-refractivity contribution in [1.29, 1.82) is 5.26 Å². The average molecular weight is 342 g/mol. The fourth-order valence-corrected chi connectivity index (χ4v) is 3.92. The second-order valence-electron chi connectivity index (χ2n) is 7.59. The first kappa shape index (κ1) is 19.7. The van der Waals surface area contributed by atoms with E-state index in [-0.39, 0.29) is 0 Å². The molecule has 0 aromatic heterocycles. The van der Waals surface area contributed by atoms with Gasteiger partial charge in [-0.2, -0.15) is 9.65 Å². The lowest BCUT2D eigenvalue weighted by atomic mass is 9.78. The first-order valence-electron chi connectivity index (χ1n) is 10.0. The Balaban J connectivity index is 1.64. The van der Waals surface area contributed by atoms with Gasteiger partial charge in [-0.15, -0.1) is 0 Å². The molecule has 1 aromatic carbocycles. The zero-order valence-electron chi connectivity index (χ0n) is 15.6. The van der Waals surface area contributed by atoms with Gasteiger partial charge in [0.1, 0.15) is 6.07 Å². The summed E-state index contributed by atoms with van der Waals surface area (Å²) in [5, 5.41) is 8.42. The number of benzene rings is 1. The molecule has 0 spiro atoms. The van der Waals surface area contributed by atoms with E-state index < -0.39 is 5.83 Å². The number of hydrogen-bond acceptors (Lipinski definition) is 1. The second kappa shape index (κ2) is 11.1. The molecule has 1 aliphatic carbocycles. The molecule has 2 heteroatoms. The first-order valence-corrected chi connectivity index (χ1v) is 10.0. The van der Waals surface area contributed by atoms with E-state index in [4.69, 9.17) is 5.26 Å². The van der Waals surface area contributed by atoms with E-state index >= 15 is 0 Å². The molecule has 0 saturated heterocycles. The Hall–Kier alpha value is -1.62. The summed E-state index contributed by atoms with van der Waals surface area (Å²) in [7, 11) is 0. The number of aryl methyl sites for hydroxylation is 2. The molecule has 1 fully saturated rings. The molecule has 0 amide bonds. The number of nitrogens with zero attached hydrogens (tertiary/aromatic N) is 1. The highest BCUT2D eigenvalue weighted by molar-refractivity contribution is 5.22. The van der Waals surface area contributed by atoms with E-state index in [1.54, 1.807) is 6.07 Å². The second-order valence-corrected chi connectivity index (χ2v) is 7.59. The summed E-state index contributed by atoms with van der Waals surface area (Å²) in [6.07, 6.45) is 14.6. The van der Waals surface area contributed by atoms with Gasteiger partial charge < -0.3 is 0 Å². The number of nitriles is 1. The topological polar surface area (TPSA) is 23.8 Å². The Labute approximate surface area is 152 Å². The lowest BCUT2D eigenvalue weighted by Crippen LogP contribution is -2.15. The number of rotatable bonds is 9. The minimum absolute atomic E-state index is 0.630. The molecular formula is C23H32FN. The molecule has 0 aliphatic heterocycles. The summed E-state index contributed by atoms with van der Waals surface area (Å²) < 4.78 is 12.8. The van der Waals surface area contributed by atoms with E-state index in [2.05, 4.69) is 31.2 Å². The van der Waals surface area contributed by atoms with Gasteiger partial charge in [-0.1, -0.05) is 63.3 Å². The monoisotopic (exact) mass is 341 g/mol. The Kier molecular flexibility index (Phi) is 8.73. The number of halogens is 1. The third-order valence-corrected chi connectivity index (χ3v) is 5.65. The Morgan fingerprint density at radius 1 is 1.04 bits per heavy atom. The lowest BCUT2D eigenvalue weighted by molar-refractivity contribution is 0.254. The normalized spacial score (nSPS) is 21.1. The summed E-state index contributed by atoms with van der Waals surface area (Å²) in [6, 6.07) is 10.8. The van der Waals surface area contributed by atoms with Gasteiger partial charge in [0.15, 0.2) is 5.83 Å². The summed E-state index contributed by atoms with van der Waals surface area (Å²) in [5.74, 6) is 0.939. The quantitative estimate of drug-likeness (QED) is 0.447. The third kappa shape index (κ3) is 7.43. The minimum atomic E-state index is -0.630. The largest absolute Gasteiger partial charge is 0.196 e. The summed E-state index contributed by atoms with van der Waals surface area (Å²) in [5.41, 5.74) is 2.94. The number of unbranched alkanes of at least 4 members (excludes halogenated alkanes) is 1. The molecule has 0 heterocycles. The molecule has 1 aliphatic rings.